The SMILES string of the molecule is COc1cc(O)cc(OC)c1C1C2=CCC3C(=O)N(c4ccc(C(=O)c5ccccc5)cc4)C(=O)C3C2CC2=C1C(=O)C(C)=CC2=O. The molecule has 4 atom stereocenters. The molecule has 47 heavy (non-hydrogen) atoms. The van der Waals surface area contributed by atoms with Crippen molar-refractivity contribution in [3.63, 3.8) is 0 Å². The van der Waals surface area contributed by atoms with Crippen molar-refractivity contribution in [2.45, 2.75) is 25.7 Å². The third kappa shape index (κ3) is 4.64. The van der Waals surface area contributed by atoms with Gasteiger partial charge in [0.1, 0.15) is 17.2 Å². The molecule has 1 saturated heterocycles. The number of fused-ring (bicyclic) bond motifs is 3. The molecule has 0 radical (unpaired) electrons. The van der Waals surface area contributed by atoms with Gasteiger partial charge < -0.3 is 14.6 Å². The highest BCUT2D eigenvalue weighted by atomic mass is 16.5. The Bertz CT molecular complexity index is 1960. The van der Waals surface area contributed by atoms with E-state index < -0.39 is 29.6 Å². The number of benzene rings is 3. The van der Waals surface area contributed by atoms with Crippen molar-refractivity contribution in [2.75, 3.05) is 19.1 Å². The van der Waals surface area contributed by atoms with Crippen molar-refractivity contribution < 1.29 is 38.6 Å². The van der Waals surface area contributed by atoms with Crippen LogP contribution in [0.25, 0.3) is 0 Å². The highest BCUT2D eigenvalue weighted by Gasteiger charge is 2.57. The molecule has 3 aromatic carbocycles. The van der Waals surface area contributed by atoms with Crippen molar-refractivity contribution >= 4 is 34.9 Å². The maximum absolute atomic E-state index is 14.3. The Labute approximate surface area is 270 Å². The van der Waals surface area contributed by atoms with Crippen LogP contribution in [0.15, 0.2) is 101 Å². The molecular formula is C38H31NO8. The number of rotatable bonds is 6. The Balaban J connectivity index is 1.30. The van der Waals surface area contributed by atoms with Crippen molar-refractivity contribution in [1.82, 2.24) is 0 Å². The maximum atomic E-state index is 14.3. The van der Waals surface area contributed by atoms with E-state index in [2.05, 4.69) is 0 Å². The van der Waals surface area contributed by atoms with Crippen LogP contribution in [0.2, 0.25) is 0 Å². The van der Waals surface area contributed by atoms with E-state index in [1.165, 1.54) is 37.3 Å². The second-order valence-electron chi connectivity index (χ2n) is 12.2. The number of hydrogen-bond acceptors (Lipinski definition) is 8. The summed E-state index contributed by atoms with van der Waals surface area (Å²) < 4.78 is 11.3. The molecule has 0 aromatic heterocycles. The lowest BCUT2D eigenvalue weighted by atomic mass is 9.59. The number of methoxy groups -OCH3 is 2. The van der Waals surface area contributed by atoms with E-state index >= 15 is 0 Å². The van der Waals surface area contributed by atoms with Gasteiger partial charge in [-0.2, -0.15) is 0 Å². The molecule has 0 spiro atoms. The van der Waals surface area contributed by atoms with Crippen molar-refractivity contribution in [3.05, 3.63) is 118 Å². The van der Waals surface area contributed by atoms with Gasteiger partial charge in [-0.05, 0) is 56.0 Å². The molecular weight excluding hydrogens is 598 g/mol. The zero-order chi connectivity index (χ0) is 33.1. The van der Waals surface area contributed by atoms with E-state index in [-0.39, 0.29) is 53.3 Å². The number of amides is 2. The quantitative estimate of drug-likeness (QED) is 0.169. The van der Waals surface area contributed by atoms with E-state index in [4.69, 9.17) is 9.47 Å². The average molecular weight is 630 g/mol. The molecule has 0 saturated carbocycles. The van der Waals surface area contributed by atoms with Crippen LogP contribution in [-0.2, 0) is 19.2 Å². The van der Waals surface area contributed by atoms with E-state index in [0.717, 1.165) is 5.57 Å². The zero-order valence-corrected chi connectivity index (χ0v) is 26.0. The van der Waals surface area contributed by atoms with Crippen LogP contribution in [0.1, 0.15) is 47.2 Å². The molecule has 4 unspecified atom stereocenters. The van der Waals surface area contributed by atoms with Crippen molar-refractivity contribution in [2.24, 2.45) is 17.8 Å². The minimum atomic E-state index is -0.810. The number of ketones is 3. The molecule has 236 valence electrons. The summed E-state index contributed by atoms with van der Waals surface area (Å²) in [7, 11) is 2.88. The minimum absolute atomic E-state index is 0.104. The minimum Gasteiger partial charge on any atom is -0.508 e. The molecule has 0 bridgehead atoms. The molecule has 1 N–H and O–H groups in total. The van der Waals surface area contributed by atoms with E-state index in [1.54, 1.807) is 55.5 Å². The molecule has 9 heteroatoms. The summed E-state index contributed by atoms with van der Waals surface area (Å²) in [6.45, 7) is 1.60. The van der Waals surface area contributed by atoms with E-state index in [0.29, 0.717) is 39.1 Å². The number of phenolic OH excluding ortho intramolecular Hbond substituents is 1. The summed E-state index contributed by atoms with van der Waals surface area (Å²) in [5, 5.41) is 10.4. The summed E-state index contributed by atoms with van der Waals surface area (Å²) >= 11 is 0. The van der Waals surface area contributed by atoms with Gasteiger partial charge in [-0.3, -0.25) is 28.9 Å². The monoisotopic (exact) mass is 629 g/mol. The highest BCUT2D eigenvalue weighted by molar-refractivity contribution is 6.25. The Morgan fingerprint density at radius 3 is 2.13 bits per heavy atom. The van der Waals surface area contributed by atoms with Gasteiger partial charge in [0.2, 0.25) is 11.8 Å². The summed E-state index contributed by atoms with van der Waals surface area (Å²) in [5.41, 5.74) is 3.40. The number of carbonyl (C=O) groups is 5. The molecule has 3 aromatic rings. The molecule has 1 heterocycles. The molecule has 3 aliphatic carbocycles. The van der Waals surface area contributed by atoms with Crippen LogP contribution >= 0.6 is 0 Å². The normalized spacial score (nSPS) is 23.5. The Hall–Kier alpha value is -5.57. The fraction of sp³-hybridized carbons (Fsp3) is 0.237. The average Bonchev–Trinajstić information content (AvgIpc) is 3.35. The lowest BCUT2D eigenvalue weighted by Crippen LogP contribution is -2.40. The van der Waals surface area contributed by atoms with Crippen molar-refractivity contribution in [3.8, 4) is 17.2 Å². The topological polar surface area (TPSA) is 127 Å². The Kier molecular flexibility index (Phi) is 7.27. The molecule has 1 fully saturated rings. The fourth-order valence-electron chi connectivity index (χ4n) is 7.67. The van der Waals surface area contributed by atoms with Crippen LogP contribution in [-0.4, -0.2) is 48.5 Å². The van der Waals surface area contributed by atoms with Crippen LogP contribution in [0.5, 0.6) is 17.2 Å². The number of carbonyl (C=O) groups excluding carboxylic acids is 5. The molecule has 7 rings (SSSR count). The second-order valence-corrected chi connectivity index (χ2v) is 12.2. The van der Waals surface area contributed by atoms with Gasteiger partial charge in [0.15, 0.2) is 17.3 Å². The second kappa shape index (κ2) is 11.3. The summed E-state index contributed by atoms with van der Waals surface area (Å²) in [5.74, 6) is -3.93. The standard InChI is InChI=1S/C38H31NO8/c1-19-15-28(41)27-18-26-24(32(33(27)35(19)42)34-29(46-2)16-23(40)17-30(34)47-3)13-14-25-31(26)38(45)39(37(25)44)22-11-9-21(10-12-22)36(43)20-7-5-4-6-8-20/h4-13,15-17,25-26,31-32,40H,14,18H2,1-3H3. The van der Waals surface area contributed by atoms with Gasteiger partial charge >= 0.3 is 0 Å². The van der Waals surface area contributed by atoms with Gasteiger partial charge in [0.25, 0.3) is 0 Å². The van der Waals surface area contributed by atoms with Gasteiger partial charge in [0.05, 0.1) is 31.7 Å². The number of ether oxygens (including phenoxy) is 2. The zero-order valence-electron chi connectivity index (χ0n) is 26.0. The van der Waals surface area contributed by atoms with Crippen LogP contribution in [0.4, 0.5) is 5.69 Å². The first-order valence-corrected chi connectivity index (χ1v) is 15.4. The fourth-order valence-corrected chi connectivity index (χ4v) is 7.67. The van der Waals surface area contributed by atoms with Crippen molar-refractivity contribution in [1.29, 1.82) is 0 Å². The number of allylic oxidation sites excluding steroid dienone is 6. The molecule has 2 amide bonds. The first kappa shape index (κ1) is 30.1. The smallest absolute Gasteiger partial charge is 0.238 e. The number of aromatic hydroxyl groups is 1. The number of phenols is 1. The lowest BCUT2D eigenvalue weighted by molar-refractivity contribution is -0.123. The molecule has 9 nitrogen and oxygen atoms in total. The van der Waals surface area contributed by atoms with Gasteiger partial charge in [-0.25, -0.2) is 0 Å². The number of Topliss-reactive ketones (excluding diaryl/α,β-unsaturated/α-hetero) is 1. The van der Waals surface area contributed by atoms with Gasteiger partial charge in [-0.1, -0.05) is 42.0 Å². The van der Waals surface area contributed by atoms with Crippen LogP contribution in [0.3, 0.4) is 0 Å². The first-order valence-electron chi connectivity index (χ1n) is 15.4. The number of imide groups is 1. The predicted octanol–water partition coefficient (Wildman–Crippen LogP) is 5.27. The first-order chi connectivity index (χ1) is 22.6. The predicted molar refractivity (Wildman–Crippen MR) is 171 cm³/mol. The molecule has 4 aliphatic rings. The van der Waals surface area contributed by atoms with Gasteiger partial charge in [0, 0.05) is 51.5 Å². The maximum Gasteiger partial charge on any atom is 0.238 e. The van der Waals surface area contributed by atoms with E-state index in [9.17, 15) is 29.1 Å². The third-order valence-corrected chi connectivity index (χ3v) is 9.81. The number of hydrogen-bond donors (Lipinski definition) is 1. The summed E-state index contributed by atoms with van der Waals surface area (Å²) in [4.78, 5) is 69.6. The van der Waals surface area contributed by atoms with Crippen LogP contribution < -0.4 is 14.4 Å². The molecule has 1 aliphatic heterocycles. The largest absolute Gasteiger partial charge is 0.508 e. The Morgan fingerprint density at radius 1 is 0.851 bits per heavy atom. The lowest BCUT2D eigenvalue weighted by Gasteiger charge is -2.42. The third-order valence-electron chi connectivity index (χ3n) is 9.81. The Morgan fingerprint density at radius 2 is 1.49 bits per heavy atom. The van der Waals surface area contributed by atoms with Crippen LogP contribution in [0, 0.1) is 17.8 Å². The summed E-state index contributed by atoms with van der Waals surface area (Å²) in [6.07, 6.45) is 3.60. The highest BCUT2D eigenvalue weighted by Crippen LogP contribution is 2.58. The summed E-state index contributed by atoms with van der Waals surface area (Å²) in [6, 6.07) is 18.1. The number of nitrogens with zero attached hydrogens (tertiary/aromatic N) is 1. The number of anilines is 1. The van der Waals surface area contributed by atoms with Gasteiger partial charge in [-0.15, -0.1) is 0 Å². The van der Waals surface area contributed by atoms with E-state index in [1.807, 2.05) is 12.1 Å².